The number of halogens is 1. The number of nitrogens with one attached hydrogen (secondary N) is 2. The van der Waals surface area contributed by atoms with Gasteiger partial charge in [-0.25, -0.2) is 9.38 Å². The molecule has 27 heavy (non-hydrogen) atoms. The average Bonchev–Trinajstić information content (AvgIpc) is 2.69. The third kappa shape index (κ3) is 6.90. The lowest BCUT2D eigenvalue weighted by Crippen LogP contribution is -2.38. The predicted octanol–water partition coefficient (Wildman–Crippen LogP) is 3.28. The molecule has 0 heterocycles. The minimum absolute atomic E-state index is 0.254. The van der Waals surface area contributed by atoms with E-state index in [2.05, 4.69) is 27.8 Å². The zero-order chi connectivity index (χ0) is 19.5. The summed E-state index contributed by atoms with van der Waals surface area (Å²) >= 11 is 0. The Bertz CT molecular complexity index is 733. The van der Waals surface area contributed by atoms with Crippen molar-refractivity contribution in [3.8, 4) is 5.75 Å². The van der Waals surface area contributed by atoms with Gasteiger partial charge in [0.15, 0.2) is 5.96 Å². The van der Waals surface area contributed by atoms with Gasteiger partial charge >= 0.3 is 0 Å². The van der Waals surface area contributed by atoms with Crippen molar-refractivity contribution in [2.75, 3.05) is 27.3 Å². The first-order valence-electron chi connectivity index (χ1n) is 9.07. The molecule has 2 aromatic rings. The van der Waals surface area contributed by atoms with Crippen LogP contribution < -0.4 is 15.4 Å². The summed E-state index contributed by atoms with van der Waals surface area (Å²) in [6, 6.07) is 13.0. The molecule has 2 rings (SSSR count). The van der Waals surface area contributed by atoms with Crippen LogP contribution in [0.2, 0.25) is 0 Å². The number of nitrogens with zero attached hydrogens (tertiary/aromatic N) is 1. The van der Waals surface area contributed by atoms with Crippen LogP contribution in [0.15, 0.2) is 47.5 Å². The fraction of sp³-hybridized carbons (Fsp3) is 0.381. The molecule has 0 fully saturated rings. The number of benzene rings is 2. The van der Waals surface area contributed by atoms with Crippen molar-refractivity contribution in [3.05, 3.63) is 65.0 Å². The number of methoxy groups -OCH3 is 2. The van der Waals surface area contributed by atoms with E-state index in [1.165, 1.54) is 11.6 Å². The van der Waals surface area contributed by atoms with Crippen LogP contribution in [-0.4, -0.2) is 33.3 Å². The third-order valence-corrected chi connectivity index (χ3v) is 4.04. The number of hydrogen-bond donors (Lipinski definition) is 2. The lowest BCUT2D eigenvalue weighted by atomic mass is 10.1. The molecule has 0 saturated carbocycles. The molecular weight excluding hydrogens is 345 g/mol. The number of hydrogen-bond acceptors (Lipinski definition) is 3. The summed E-state index contributed by atoms with van der Waals surface area (Å²) in [5.41, 5.74) is 2.71. The van der Waals surface area contributed by atoms with E-state index in [9.17, 15) is 4.39 Å². The quantitative estimate of drug-likeness (QED) is 0.523. The molecule has 0 aromatic heterocycles. The normalized spacial score (nSPS) is 11.3. The largest absolute Gasteiger partial charge is 0.497 e. The van der Waals surface area contributed by atoms with Gasteiger partial charge < -0.3 is 20.1 Å². The van der Waals surface area contributed by atoms with Gasteiger partial charge in [0.05, 0.1) is 20.3 Å². The molecule has 0 radical (unpaired) electrons. The number of ether oxygens (including phenoxy) is 2. The highest BCUT2D eigenvalue weighted by Crippen LogP contribution is 2.13. The van der Waals surface area contributed by atoms with Crippen LogP contribution in [0.3, 0.4) is 0 Å². The fourth-order valence-corrected chi connectivity index (χ4v) is 2.62. The van der Waals surface area contributed by atoms with Crippen molar-refractivity contribution >= 4 is 5.96 Å². The van der Waals surface area contributed by atoms with Crippen molar-refractivity contribution in [3.63, 3.8) is 0 Å². The van der Waals surface area contributed by atoms with Crippen molar-refractivity contribution < 1.29 is 13.9 Å². The van der Waals surface area contributed by atoms with E-state index >= 15 is 0 Å². The molecule has 0 aliphatic heterocycles. The summed E-state index contributed by atoms with van der Waals surface area (Å²) < 4.78 is 23.9. The van der Waals surface area contributed by atoms with Crippen molar-refractivity contribution in [1.29, 1.82) is 0 Å². The molecule has 0 saturated heterocycles. The Morgan fingerprint density at radius 1 is 1.04 bits per heavy atom. The Balaban J connectivity index is 1.92. The summed E-state index contributed by atoms with van der Waals surface area (Å²) in [6.45, 7) is 4.27. The van der Waals surface area contributed by atoms with E-state index in [0.29, 0.717) is 12.1 Å². The van der Waals surface area contributed by atoms with Gasteiger partial charge in [-0.2, -0.15) is 0 Å². The molecule has 0 unspecified atom stereocenters. The van der Waals surface area contributed by atoms with Crippen molar-refractivity contribution in [2.45, 2.75) is 26.5 Å². The molecular formula is C21H28FN3O2. The lowest BCUT2D eigenvalue weighted by Gasteiger charge is -2.12. The molecule has 0 amide bonds. The highest BCUT2D eigenvalue weighted by molar-refractivity contribution is 5.79. The van der Waals surface area contributed by atoms with Crippen LogP contribution in [0.4, 0.5) is 4.39 Å². The van der Waals surface area contributed by atoms with Gasteiger partial charge in [-0.05, 0) is 48.7 Å². The Hall–Kier alpha value is -2.60. The summed E-state index contributed by atoms with van der Waals surface area (Å²) in [5, 5.41) is 6.56. The molecule has 146 valence electrons. The maximum absolute atomic E-state index is 13.7. The van der Waals surface area contributed by atoms with E-state index in [0.717, 1.165) is 36.8 Å². The predicted molar refractivity (Wildman–Crippen MR) is 107 cm³/mol. The molecule has 0 spiro atoms. The molecule has 0 aliphatic rings. The van der Waals surface area contributed by atoms with Gasteiger partial charge in [0, 0.05) is 25.8 Å². The second-order valence-corrected chi connectivity index (χ2v) is 6.08. The van der Waals surface area contributed by atoms with Gasteiger partial charge in [-0.3, -0.25) is 0 Å². The average molecular weight is 373 g/mol. The Kier molecular flexibility index (Phi) is 8.58. The Labute approximate surface area is 160 Å². The number of guanidine groups is 1. The van der Waals surface area contributed by atoms with E-state index in [1.807, 2.05) is 19.1 Å². The molecule has 0 atom stereocenters. The topological polar surface area (TPSA) is 54.9 Å². The van der Waals surface area contributed by atoms with E-state index in [-0.39, 0.29) is 12.4 Å². The summed E-state index contributed by atoms with van der Waals surface area (Å²) in [6.07, 6.45) is 0.878. The van der Waals surface area contributed by atoms with Gasteiger partial charge in [-0.15, -0.1) is 0 Å². The summed E-state index contributed by atoms with van der Waals surface area (Å²) in [7, 11) is 3.22. The molecule has 5 nitrogen and oxygen atoms in total. The summed E-state index contributed by atoms with van der Waals surface area (Å²) in [4.78, 5) is 4.58. The van der Waals surface area contributed by atoms with Gasteiger partial charge in [-0.1, -0.05) is 18.2 Å². The molecule has 6 heteroatoms. The number of rotatable bonds is 9. The first-order valence-corrected chi connectivity index (χ1v) is 9.07. The zero-order valence-electron chi connectivity index (χ0n) is 16.2. The number of aliphatic imine (C=N–C) groups is 1. The smallest absolute Gasteiger partial charge is 0.191 e. The minimum atomic E-state index is -0.255. The second kappa shape index (κ2) is 11.2. The standard InChI is InChI=1S/C21H28FN3O2/c1-4-23-21(24-12-11-16-5-8-19(27-3)9-6-16)25-14-17-7-10-20(22)18(13-17)15-26-2/h5-10,13H,4,11-12,14-15H2,1-3H3,(H2,23,24,25). The first-order chi connectivity index (χ1) is 13.2. The van der Waals surface area contributed by atoms with Crippen molar-refractivity contribution in [2.24, 2.45) is 4.99 Å². The fourth-order valence-electron chi connectivity index (χ4n) is 2.62. The molecule has 2 aromatic carbocycles. The zero-order valence-corrected chi connectivity index (χ0v) is 16.2. The van der Waals surface area contributed by atoms with Crippen molar-refractivity contribution in [1.82, 2.24) is 10.6 Å². The van der Waals surface area contributed by atoms with Crippen LogP contribution in [0.5, 0.6) is 5.75 Å². The highest BCUT2D eigenvalue weighted by atomic mass is 19.1. The van der Waals surface area contributed by atoms with Crippen LogP contribution in [0.25, 0.3) is 0 Å². The SMILES string of the molecule is CCNC(=NCc1ccc(F)c(COC)c1)NCCc1ccc(OC)cc1. The van der Waals surface area contributed by atoms with Gasteiger partial charge in [0.2, 0.25) is 0 Å². The monoisotopic (exact) mass is 373 g/mol. The van der Waals surface area contributed by atoms with Gasteiger partial charge in [0.1, 0.15) is 11.6 Å². The lowest BCUT2D eigenvalue weighted by molar-refractivity contribution is 0.181. The molecule has 0 aliphatic carbocycles. The van der Waals surface area contributed by atoms with Crippen LogP contribution in [-0.2, 0) is 24.3 Å². The van der Waals surface area contributed by atoms with Crippen LogP contribution in [0, 0.1) is 5.82 Å². The van der Waals surface area contributed by atoms with Gasteiger partial charge in [0.25, 0.3) is 0 Å². The maximum Gasteiger partial charge on any atom is 0.191 e. The molecule has 0 bridgehead atoms. The highest BCUT2D eigenvalue weighted by Gasteiger charge is 2.04. The minimum Gasteiger partial charge on any atom is -0.497 e. The van der Waals surface area contributed by atoms with E-state index < -0.39 is 0 Å². The van der Waals surface area contributed by atoms with Crippen LogP contribution >= 0.6 is 0 Å². The van der Waals surface area contributed by atoms with E-state index in [1.54, 1.807) is 26.4 Å². The van der Waals surface area contributed by atoms with E-state index in [4.69, 9.17) is 9.47 Å². The third-order valence-electron chi connectivity index (χ3n) is 4.04. The summed E-state index contributed by atoms with van der Waals surface area (Å²) in [5.74, 6) is 1.34. The Morgan fingerprint density at radius 2 is 1.78 bits per heavy atom. The Morgan fingerprint density at radius 3 is 2.44 bits per heavy atom. The molecule has 2 N–H and O–H groups in total. The second-order valence-electron chi connectivity index (χ2n) is 6.08. The first kappa shape index (κ1) is 20.7. The van der Waals surface area contributed by atoms with Crippen LogP contribution in [0.1, 0.15) is 23.6 Å². The maximum atomic E-state index is 13.7.